The Hall–Kier alpha value is -3.04. The molecule has 1 amide bonds. The summed E-state index contributed by atoms with van der Waals surface area (Å²) in [5, 5.41) is 12.7. The van der Waals surface area contributed by atoms with Gasteiger partial charge >= 0.3 is 5.63 Å². The number of hydrogen-bond donors (Lipinski definition) is 1. The maximum Gasteiger partial charge on any atom is 0.336 e. The first-order valence-electron chi connectivity index (χ1n) is 8.38. The summed E-state index contributed by atoms with van der Waals surface area (Å²) in [6.07, 6.45) is 0. The van der Waals surface area contributed by atoms with Crippen LogP contribution in [-0.2, 0) is 10.5 Å². The second kappa shape index (κ2) is 8.11. The average Bonchev–Trinajstić information content (AvgIpc) is 2.63. The van der Waals surface area contributed by atoms with Gasteiger partial charge in [-0.1, -0.05) is 12.1 Å². The fraction of sp³-hybridized carbons (Fsp3) is 0.190. The number of nitrogens with zero attached hydrogens (tertiary/aromatic N) is 1. The molecule has 0 atom stereocenters. The number of nitriles is 1. The molecule has 0 unspecified atom stereocenters. The number of thioether (sulfide) groups is 1. The van der Waals surface area contributed by atoms with Crippen molar-refractivity contribution in [2.75, 3.05) is 11.1 Å². The van der Waals surface area contributed by atoms with E-state index in [9.17, 15) is 9.59 Å². The highest BCUT2D eigenvalue weighted by Gasteiger charge is 2.10. The average molecular weight is 378 g/mol. The number of aryl methyl sites for hydroxylation is 2. The Bertz CT molecular complexity index is 1110. The summed E-state index contributed by atoms with van der Waals surface area (Å²) in [5.74, 6) is 0.534. The highest BCUT2D eigenvalue weighted by atomic mass is 32.2. The van der Waals surface area contributed by atoms with Gasteiger partial charge in [-0.2, -0.15) is 5.26 Å². The summed E-state index contributed by atoms with van der Waals surface area (Å²) < 4.78 is 5.30. The Morgan fingerprint density at radius 1 is 1.19 bits per heavy atom. The summed E-state index contributed by atoms with van der Waals surface area (Å²) in [6, 6.07) is 14.3. The Morgan fingerprint density at radius 2 is 1.93 bits per heavy atom. The van der Waals surface area contributed by atoms with Gasteiger partial charge in [-0.05, 0) is 54.8 Å². The summed E-state index contributed by atoms with van der Waals surface area (Å²) in [6.45, 7) is 3.98. The number of hydrogen-bond acceptors (Lipinski definition) is 5. The number of para-hydroxylation sites is 1. The maximum absolute atomic E-state index is 12.2. The molecule has 3 rings (SSSR count). The van der Waals surface area contributed by atoms with Crippen LogP contribution >= 0.6 is 11.8 Å². The predicted molar refractivity (Wildman–Crippen MR) is 108 cm³/mol. The van der Waals surface area contributed by atoms with Crippen molar-refractivity contribution in [2.45, 2.75) is 19.6 Å². The molecule has 27 heavy (non-hydrogen) atoms. The third kappa shape index (κ3) is 4.39. The molecule has 0 aliphatic heterocycles. The van der Waals surface area contributed by atoms with Gasteiger partial charge in [0.15, 0.2) is 0 Å². The van der Waals surface area contributed by atoms with E-state index < -0.39 is 5.63 Å². The minimum atomic E-state index is -0.395. The first-order chi connectivity index (χ1) is 13.0. The zero-order valence-corrected chi connectivity index (χ0v) is 15.9. The zero-order chi connectivity index (χ0) is 19.4. The van der Waals surface area contributed by atoms with Crippen LogP contribution in [-0.4, -0.2) is 11.7 Å². The van der Waals surface area contributed by atoms with E-state index in [4.69, 9.17) is 9.68 Å². The molecule has 1 heterocycles. The molecule has 5 nitrogen and oxygen atoms in total. The summed E-state index contributed by atoms with van der Waals surface area (Å²) in [4.78, 5) is 24.0. The van der Waals surface area contributed by atoms with Crippen LogP contribution in [0.1, 0.15) is 22.3 Å². The lowest BCUT2D eigenvalue weighted by Crippen LogP contribution is -2.15. The van der Waals surface area contributed by atoms with Gasteiger partial charge < -0.3 is 9.73 Å². The molecule has 0 aliphatic rings. The fourth-order valence-electron chi connectivity index (χ4n) is 2.73. The number of benzene rings is 2. The van der Waals surface area contributed by atoms with Crippen LogP contribution in [0, 0.1) is 25.2 Å². The van der Waals surface area contributed by atoms with Crippen molar-refractivity contribution in [3.05, 3.63) is 75.1 Å². The van der Waals surface area contributed by atoms with Crippen molar-refractivity contribution in [1.82, 2.24) is 0 Å². The molecule has 0 spiro atoms. The molecular formula is C21H18N2O3S. The Kier molecular flexibility index (Phi) is 5.63. The van der Waals surface area contributed by atoms with Gasteiger partial charge in [0.25, 0.3) is 0 Å². The Morgan fingerprint density at radius 3 is 2.70 bits per heavy atom. The first-order valence-corrected chi connectivity index (χ1v) is 9.54. The van der Waals surface area contributed by atoms with E-state index in [0.717, 1.165) is 22.1 Å². The van der Waals surface area contributed by atoms with Crippen LogP contribution in [0.4, 0.5) is 5.69 Å². The molecular weight excluding hydrogens is 360 g/mol. The van der Waals surface area contributed by atoms with Crippen LogP contribution in [0.3, 0.4) is 0 Å². The topological polar surface area (TPSA) is 83.1 Å². The standard InChI is InChI=1S/C21H18N2O3S/c1-13-7-17-16(9-21(25)26-19(17)8-14(13)2)11-27-12-20(24)23-18-6-4-3-5-15(18)10-22/h3-9H,11-12H2,1-2H3,(H,23,24). The lowest BCUT2D eigenvalue weighted by molar-refractivity contribution is -0.113. The van der Waals surface area contributed by atoms with E-state index >= 15 is 0 Å². The van der Waals surface area contributed by atoms with Crippen molar-refractivity contribution >= 4 is 34.3 Å². The van der Waals surface area contributed by atoms with Crippen LogP contribution in [0.2, 0.25) is 0 Å². The van der Waals surface area contributed by atoms with Crippen LogP contribution in [0.25, 0.3) is 11.0 Å². The molecule has 0 fully saturated rings. The number of carbonyl (C=O) groups is 1. The minimum Gasteiger partial charge on any atom is -0.423 e. The van der Waals surface area contributed by atoms with Crippen LogP contribution in [0.15, 0.2) is 51.7 Å². The highest BCUT2D eigenvalue weighted by molar-refractivity contribution is 7.99. The van der Waals surface area contributed by atoms with Crippen LogP contribution in [0.5, 0.6) is 0 Å². The highest BCUT2D eigenvalue weighted by Crippen LogP contribution is 2.24. The van der Waals surface area contributed by atoms with Gasteiger partial charge in [0.1, 0.15) is 11.7 Å². The van der Waals surface area contributed by atoms with E-state index in [1.807, 2.05) is 26.0 Å². The summed E-state index contributed by atoms with van der Waals surface area (Å²) in [7, 11) is 0. The molecule has 1 aromatic heterocycles. The number of carbonyl (C=O) groups excluding carboxylic acids is 1. The second-order valence-electron chi connectivity index (χ2n) is 6.22. The quantitative estimate of drug-likeness (QED) is 0.674. The molecule has 0 bridgehead atoms. The summed E-state index contributed by atoms with van der Waals surface area (Å²) >= 11 is 1.41. The lowest BCUT2D eigenvalue weighted by atomic mass is 10.0. The third-order valence-corrected chi connectivity index (χ3v) is 5.24. The van der Waals surface area contributed by atoms with E-state index in [1.165, 1.54) is 17.8 Å². The van der Waals surface area contributed by atoms with Crippen molar-refractivity contribution < 1.29 is 9.21 Å². The normalized spacial score (nSPS) is 10.6. The molecule has 1 N–H and O–H groups in total. The van der Waals surface area contributed by atoms with Gasteiger partial charge in [0.05, 0.1) is 17.0 Å². The maximum atomic E-state index is 12.2. The first kappa shape index (κ1) is 18.7. The molecule has 0 radical (unpaired) electrons. The Labute approximate surface area is 161 Å². The third-order valence-electron chi connectivity index (χ3n) is 4.26. The SMILES string of the molecule is Cc1cc2oc(=O)cc(CSCC(=O)Nc3ccccc3C#N)c2cc1C. The largest absolute Gasteiger partial charge is 0.423 e. The molecule has 0 aliphatic carbocycles. The van der Waals surface area contributed by atoms with Crippen molar-refractivity contribution in [3.63, 3.8) is 0 Å². The van der Waals surface area contributed by atoms with E-state index in [1.54, 1.807) is 24.3 Å². The number of anilines is 1. The zero-order valence-electron chi connectivity index (χ0n) is 15.0. The van der Waals surface area contributed by atoms with E-state index in [-0.39, 0.29) is 11.7 Å². The number of fused-ring (bicyclic) bond motifs is 1. The molecule has 136 valence electrons. The number of rotatable bonds is 5. The molecule has 2 aromatic carbocycles. The predicted octanol–water partition coefficient (Wildman–Crippen LogP) is 4.15. The van der Waals surface area contributed by atoms with Gasteiger partial charge in [-0.3, -0.25) is 4.79 Å². The van der Waals surface area contributed by atoms with Crippen molar-refractivity contribution in [3.8, 4) is 6.07 Å². The summed E-state index contributed by atoms with van der Waals surface area (Å²) in [5.41, 5.74) is 4.12. The van der Waals surface area contributed by atoms with Gasteiger partial charge in [0.2, 0.25) is 5.91 Å². The van der Waals surface area contributed by atoms with Gasteiger partial charge in [-0.15, -0.1) is 11.8 Å². The van der Waals surface area contributed by atoms with Crippen LogP contribution < -0.4 is 10.9 Å². The molecule has 3 aromatic rings. The fourth-order valence-corrected chi connectivity index (χ4v) is 3.55. The van der Waals surface area contributed by atoms with Crippen molar-refractivity contribution in [2.24, 2.45) is 0 Å². The number of nitrogens with one attached hydrogen (secondary N) is 1. The van der Waals surface area contributed by atoms with E-state index in [0.29, 0.717) is 22.6 Å². The van der Waals surface area contributed by atoms with Gasteiger partial charge in [0, 0.05) is 17.2 Å². The lowest BCUT2D eigenvalue weighted by Gasteiger charge is -2.09. The molecule has 0 saturated heterocycles. The van der Waals surface area contributed by atoms with Crippen molar-refractivity contribution in [1.29, 1.82) is 5.26 Å². The minimum absolute atomic E-state index is 0.193. The second-order valence-corrected chi connectivity index (χ2v) is 7.21. The molecule has 0 saturated carbocycles. The van der Waals surface area contributed by atoms with E-state index in [2.05, 4.69) is 11.4 Å². The number of amides is 1. The smallest absolute Gasteiger partial charge is 0.336 e. The van der Waals surface area contributed by atoms with Gasteiger partial charge in [-0.25, -0.2) is 4.79 Å². The monoisotopic (exact) mass is 378 g/mol. The Balaban J connectivity index is 1.70. The molecule has 6 heteroatoms.